The van der Waals surface area contributed by atoms with Crippen LogP contribution in [0.1, 0.15) is 0 Å². The van der Waals surface area contributed by atoms with Crippen LogP contribution in [0, 0.1) is 20.2 Å². The fourth-order valence-corrected chi connectivity index (χ4v) is 3.21. The number of hydrogen-bond acceptors (Lipinski definition) is 9. The maximum atomic E-state index is 10.9. The zero-order chi connectivity index (χ0) is 22.1. The van der Waals surface area contributed by atoms with Crippen molar-refractivity contribution < 1.29 is 14.6 Å². The van der Waals surface area contributed by atoms with E-state index in [9.17, 15) is 20.2 Å². The molecule has 0 unspecified atom stereocenters. The van der Waals surface area contributed by atoms with Crippen LogP contribution in [0.15, 0.2) is 33.5 Å². The minimum absolute atomic E-state index is 0.0173. The van der Waals surface area contributed by atoms with E-state index < -0.39 is 9.85 Å². The van der Waals surface area contributed by atoms with E-state index in [4.69, 9.17) is 16.3 Å². The number of nitro groups is 2. The molecule has 3 heterocycles. The molecule has 1 aliphatic rings. The van der Waals surface area contributed by atoms with E-state index in [0.717, 1.165) is 32.8 Å². The summed E-state index contributed by atoms with van der Waals surface area (Å²) in [5.74, 6) is 0.307. The highest BCUT2D eigenvalue weighted by Gasteiger charge is 2.16. The van der Waals surface area contributed by atoms with Gasteiger partial charge in [0.05, 0.1) is 23.1 Å². The second-order valence-corrected chi connectivity index (χ2v) is 8.07. The van der Waals surface area contributed by atoms with Crippen molar-refractivity contribution in [1.29, 1.82) is 0 Å². The fourth-order valence-electron chi connectivity index (χ4n) is 2.40. The first-order valence-electron chi connectivity index (χ1n) is 8.57. The van der Waals surface area contributed by atoms with Gasteiger partial charge in [-0.1, -0.05) is 11.6 Å². The molecule has 0 amide bonds. The van der Waals surface area contributed by atoms with Gasteiger partial charge in [0.2, 0.25) is 11.0 Å². The second-order valence-electron chi connectivity index (χ2n) is 5.88. The van der Waals surface area contributed by atoms with E-state index in [1.165, 1.54) is 18.3 Å². The first-order valence-corrected chi connectivity index (χ1v) is 10.5. The van der Waals surface area contributed by atoms with Crippen LogP contribution >= 0.6 is 43.5 Å². The fraction of sp³-hybridized carbons (Fsp3) is 0.375. The molecule has 11 nitrogen and oxygen atoms in total. The molecule has 3 rings (SSSR count). The number of halogens is 3. The van der Waals surface area contributed by atoms with Gasteiger partial charge in [-0.15, -0.1) is 0 Å². The van der Waals surface area contributed by atoms with Crippen LogP contribution in [0.4, 0.5) is 17.2 Å². The highest BCUT2D eigenvalue weighted by Crippen LogP contribution is 2.25. The average molecular weight is 569 g/mol. The van der Waals surface area contributed by atoms with Gasteiger partial charge in [-0.2, -0.15) is 0 Å². The molecule has 2 aromatic rings. The molecule has 30 heavy (non-hydrogen) atoms. The summed E-state index contributed by atoms with van der Waals surface area (Å²) in [6, 6.07) is 2.75. The normalized spacial score (nSPS) is 13.8. The Morgan fingerprint density at radius 2 is 1.63 bits per heavy atom. The molecule has 0 bridgehead atoms. The Morgan fingerprint density at radius 3 is 2.20 bits per heavy atom. The Hall–Kier alpha value is -1.93. The van der Waals surface area contributed by atoms with Crippen molar-refractivity contribution in [3.05, 3.63) is 58.9 Å². The quantitative estimate of drug-likeness (QED) is 0.312. The molecule has 1 aliphatic heterocycles. The van der Waals surface area contributed by atoms with Crippen LogP contribution < -0.4 is 5.32 Å². The molecule has 0 radical (unpaired) electrons. The van der Waals surface area contributed by atoms with Crippen molar-refractivity contribution in [3.8, 4) is 0 Å². The van der Waals surface area contributed by atoms with Crippen molar-refractivity contribution in [2.45, 2.75) is 0 Å². The van der Waals surface area contributed by atoms with Gasteiger partial charge in [-0.25, -0.2) is 9.97 Å². The van der Waals surface area contributed by atoms with Crippen LogP contribution in [0.25, 0.3) is 0 Å². The topological polar surface area (TPSA) is 137 Å². The van der Waals surface area contributed by atoms with Crippen LogP contribution in [0.5, 0.6) is 0 Å². The monoisotopic (exact) mass is 566 g/mol. The van der Waals surface area contributed by atoms with E-state index in [-0.39, 0.29) is 16.5 Å². The molecule has 0 saturated carbocycles. The third kappa shape index (κ3) is 7.72. The molecule has 0 spiro atoms. The Kier molecular flexibility index (Phi) is 9.78. The van der Waals surface area contributed by atoms with Gasteiger partial charge in [0.25, 0.3) is 0 Å². The van der Waals surface area contributed by atoms with Crippen molar-refractivity contribution in [2.75, 3.05) is 44.7 Å². The van der Waals surface area contributed by atoms with Crippen molar-refractivity contribution in [2.24, 2.45) is 0 Å². The third-order valence-corrected chi connectivity index (χ3v) is 5.00. The van der Waals surface area contributed by atoms with Gasteiger partial charge in [-0.3, -0.25) is 25.1 Å². The molecular weight excluding hydrogens is 551 g/mol. The van der Waals surface area contributed by atoms with E-state index >= 15 is 0 Å². The highest BCUT2D eigenvalue weighted by atomic mass is 79.9. The third-order valence-electron chi connectivity index (χ3n) is 3.84. The standard InChI is InChI=1S/C11H15BrN4O3.C5H2BrClN2O2/c12-9-7-10(16(17)18)11(14-8-9)13-1-2-15-3-5-19-6-4-15;6-3-1-4(9(10)11)5(7)8-2-3/h7-8H,1-6H2,(H,13,14);1-2H. The van der Waals surface area contributed by atoms with Gasteiger partial charge < -0.3 is 10.1 Å². The molecule has 1 saturated heterocycles. The van der Waals surface area contributed by atoms with Gasteiger partial charge in [0.1, 0.15) is 0 Å². The lowest BCUT2D eigenvalue weighted by Crippen LogP contribution is -2.39. The zero-order valence-electron chi connectivity index (χ0n) is 15.5. The van der Waals surface area contributed by atoms with Crippen molar-refractivity contribution in [1.82, 2.24) is 14.9 Å². The molecule has 1 fully saturated rings. The SMILES string of the molecule is O=[N+]([O-])c1cc(Br)cnc1Cl.O=[N+]([O-])c1cc(Br)cnc1NCCN1CCOCC1. The number of anilines is 1. The predicted molar refractivity (Wildman–Crippen MR) is 118 cm³/mol. The summed E-state index contributed by atoms with van der Waals surface area (Å²) in [4.78, 5) is 30.0. The number of rotatable bonds is 6. The summed E-state index contributed by atoms with van der Waals surface area (Å²) < 4.78 is 6.39. The molecule has 2 aromatic heterocycles. The summed E-state index contributed by atoms with van der Waals surface area (Å²) in [5.41, 5.74) is -0.211. The van der Waals surface area contributed by atoms with E-state index in [1.54, 1.807) is 6.20 Å². The maximum absolute atomic E-state index is 10.9. The summed E-state index contributed by atoms with van der Waals surface area (Å²) >= 11 is 11.6. The molecule has 162 valence electrons. The predicted octanol–water partition coefficient (Wildman–Crippen LogP) is 3.90. The van der Waals surface area contributed by atoms with Gasteiger partial charge in [-0.05, 0) is 31.9 Å². The maximum Gasteiger partial charge on any atom is 0.312 e. The van der Waals surface area contributed by atoms with Crippen molar-refractivity contribution >= 4 is 60.7 Å². The van der Waals surface area contributed by atoms with E-state index in [1.807, 2.05) is 0 Å². The Bertz CT molecular complexity index is 900. The smallest absolute Gasteiger partial charge is 0.312 e. The number of hydrogen-bond donors (Lipinski definition) is 1. The van der Waals surface area contributed by atoms with E-state index in [2.05, 4.69) is 52.0 Å². The minimum Gasteiger partial charge on any atom is -0.379 e. The van der Waals surface area contributed by atoms with Crippen molar-refractivity contribution in [3.63, 3.8) is 0 Å². The highest BCUT2D eigenvalue weighted by molar-refractivity contribution is 9.10. The van der Waals surface area contributed by atoms with Crippen LogP contribution in [0.3, 0.4) is 0 Å². The van der Waals surface area contributed by atoms with Gasteiger partial charge in [0, 0.05) is 59.7 Å². The first-order chi connectivity index (χ1) is 14.3. The number of nitrogens with one attached hydrogen (secondary N) is 1. The first kappa shape index (κ1) is 24.3. The molecule has 14 heteroatoms. The second kappa shape index (κ2) is 12.1. The van der Waals surface area contributed by atoms with Gasteiger partial charge >= 0.3 is 11.4 Å². The summed E-state index contributed by atoms with van der Waals surface area (Å²) in [7, 11) is 0. The Labute approximate surface area is 193 Å². The summed E-state index contributed by atoms with van der Waals surface area (Å²) in [6.45, 7) is 4.73. The van der Waals surface area contributed by atoms with Gasteiger partial charge in [0.15, 0.2) is 0 Å². The lowest BCUT2D eigenvalue weighted by atomic mass is 10.3. The summed E-state index contributed by atoms with van der Waals surface area (Å²) in [5, 5.41) is 24.1. The average Bonchev–Trinajstić information content (AvgIpc) is 2.72. The molecule has 0 aliphatic carbocycles. The molecule has 0 atom stereocenters. The largest absolute Gasteiger partial charge is 0.379 e. The summed E-state index contributed by atoms with van der Waals surface area (Å²) in [6.07, 6.45) is 2.94. The minimum atomic E-state index is -0.583. The Morgan fingerprint density at radius 1 is 1.07 bits per heavy atom. The van der Waals surface area contributed by atoms with Crippen LogP contribution in [-0.2, 0) is 4.74 Å². The number of nitrogens with zero attached hydrogens (tertiary/aromatic N) is 5. The lowest BCUT2D eigenvalue weighted by Gasteiger charge is -2.26. The number of pyridine rings is 2. The molecular formula is C16H17Br2ClN6O5. The van der Waals surface area contributed by atoms with E-state index in [0.29, 0.717) is 21.3 Å². The molecule has 0 aromatic carbocycles. The van der Waals surface area contributed by atoms with Crippen LogP contribution in [-0.4, -0.2) is 64.1 Å². The lowest BCUT2D eigenvalue weighted by molar-refractivity contribution is -0.385. The number of aromatic nitrogens is 2. The Balaban J connectivity index is 0.000000248. The zero-order valence-corrected chi connectivity index (χ0v) is 19.4. The molecule has 1 N–H and O–H groups in total. The number of ether oxygens (including phenoxy) is 1. The number of morpholine rings is 1. The van der Waals surface area contributed by atoms with Crippen LogP contribution in [0.2, 0.25) is 5.15 Å².